The van der Waals surface area contributed by atoms with Crippen LogP contribution < -0.4 is 0 Å². The van der Waals surface area contributed by atoms with Crippen LogP contribution in [0.4, 0.5) is 0 Å². The van der Waals surface area contributed by atoms with Crippen molar-refractivity contribution in [3.63, 3.8) is 0 Å². The quantitative estimate of drug-likeness (QED) is 0.0677. The van der Waals surface area contributed by atoms with Gasteiger partial charge in [-0.25, -0.2) is 0 Å². The number of carbonyl (C=O) groups is 13. The summed E-state index contributed by atoms with van der Waals surface area (Å²) in [6, 6.07) is 0. The Morgan fingerprint density at radius 2 is 0.810 bits per heavy atom. The summed E-state index contributed by atoms with van der Waals surface area (Å²) in [7, 11) is 0. The van der Waals surface area contributed by atoms with Crippen LogP contribution in [-0.4, -0.2) is 163 Å². The molecule has 5 saturated heterocycles. The van der Waals surface area contributed by atoms with Crippen LogP contribution in [0.1, 0.15) is 317 Å². The van der Waals surface area contributed by atoms with E-state index in [2.05, 4.69) is 13.8 Å². The highest BCUT2D eigenvalue weighted by atomic mass is 16.6. The predicted molar refractivity (Wildman–Crippen MR) is 453 cm³/mol. The summed E-state index contributed by atoms with van der Waals surface area (Å²) < 4.78 is 74.9. The average molecular weight is 1760 g/mol. The lowest BCUT2D eigenvalue weighted by molar-refractivity contribution is -0.182. The second kappa shape index (κ2) is 34.8. The third kappa shape index (κ3) is 16.7. The summed E-state index contributed by atoms with van der Waals surface area (Å²) in [5.41, 5.74) is -4.26. The first-order valence-electron chi connectivity index (χ1n) is 49.0. The molecule has 5 heterocycles. The second-order valence-corrected chi connectivity index (χ2v) is 45.8. The molecule has 0 aromatic rings. The van der Waals surface area contributed by atoms with Gasteiger partial charge in [-0.3, -0.25) is 62.3 Å². The molecule has 0 amide bonds. The minimum atomic E-state index is -0.602. The van der Waals surface area contributed by atoms with E-state index in [0.717, 1.165) is 135 Å². The maximum Gasteiger partial charge on any atom is 0.311 e. The molecule has 14 aliphatic carbocycles. The van der Waals surface area contributed by atoms with E-state index in [1.165, 1.54) is 12.8 Å². The normalized spacial score (nSPS) is 40.3. The molecule has 0 N–H and O–H groups in total. The van der Waals surface area contributed by atoms with Gasteiger partial charge in [0.15, 0.2) is 5.78 Å². The standard InChI is InChI=1S/C24H34O6.2C22H32O6.2C16H24O4/c1-5-23(3,4)22(27)29-19-15-10-14-16(20(25)28-18(14)19)17(15)21(26)30-24(6-2)11-12-7-8-13(24)9-12;1-5-21(2,3)20(25)27-17-13-11-12-14(18(23)26-16(12)17)15(13)19(24)28-22(4)9-7-6-8-10-22;1-5-21(3,4)20(25)27-17-13-11-12-14(18(23)26-16(12)17)15(13)19(24)28-22(6-2)9-7-8-10-22;1-4-15(2,3)14(18)20-12-6-10-5-11(12)16(7-10)9-19-8-13(16)17;1-4-15(2,3)14(18)20-12-6-10-5-11(12)16(7-10)8-13(17)19-9-16/h12-19H,5-11H2,1-4H3;2*12-17H,5-11H2,1-4H3;2*10-12H,4-9H2,1-3H3. The molecule has 0 aromatic carbocycles. The Morgan fingerprint density at radius 3 is 1.17 bits per heavy atom. The highest BCUT2D eigenvalue weighted by molar-refractivity contribution is 5.91. The third-order valence-electron chi connectivity index (χ3n) is 36.7. The third-order valence-corrected chi connectivity index (χ3v) is 36.7. The first kappa shape index (κ1) is 93.9. The largest absolute Gasteiger partial charge is 0.465 e. The number of fused-ring (bicyclic) bond motifs is 11. The number of Topliss-reactive ketones (excluding diaryl/α,β-unsaturated/α-hetero) is 1. The highest BCUT2D eigenvalue weighted by Crippen LogP contribution is 2.66. The molecule has 26 heteroatoms. The van der Waals surface area contributed by atoms with Crippen LogP contribution in [0.2, 0.25) is 0 Å². The summed E-state index contributed by atoms with van der Waals surface area (Å²) in [5, 5.41) is 0. The predicted octanol–water partition coefficient (Wildman–Crippen LogP) is 15.5. The van der Waals surface area contributed by atoms with Crippen molar-refractivity contribution in [1.82, 2.24) is 0 Å². The van der Waals surface area contributed by atoms with Gasteiger partial charge in [-0.15, -0.1) is 0 Å². The molecule has 5 aliphatic heterocycles. The van der Waals surface area contributed by atoms with Crippen LogP contribution in [0.15, 0.2) is 0 Å². The van der Waals surface area contributed by atoms with Crippen LogP contribution in [0.5, 0.6) is 0 Å². The van der Waals surface area contributed by atoms with Crippen molar-refractivity contribution in [3.8, 4) is 0 Å². The topological polar surface area (TPSA) is 342 Å². The van der Waals surface area contributed by atoms with Crippen molar-refractivity contribution in [3.05, 3.63) is 0 Å². The molecule has 12 bridgehead atoms. The molecule has 19 fully saturated rings. The Balaban J connectivity index is 0.000000123. The highest BCUT2D eigenvalue weighted by Gasteiger charge is 2.75. The van der Waals surface area contributed by atoms with Gasteiger partial charge in [0.05, 0.1) is 87.6 Å². The molecule has 2 spiro atoms. The molecular weight excluding hydrogens is 1620 g/mol. The van der Waals surface area contributed by atoms with Gasteiger partial charge in [-0.05, 0) is 280 Å². The fourth-order valence-electron chi connectivity index (χ4n) is 26.8. The molecule has 0 aromatic heterocycles. The number of rotatable bonds is 23. The summed E-state index contributed by atoms with van der Waals surface area (Å²) in [6.45, 7) is 36.1. The molecule has 26 nitrogen and oxygen atoms in total. The van der Waals surface area contributed by atoms with Gasteiger partial charge in [-0.2, -0.15) is 0 Å². The zero-order valence-electron chi connectivity index (χ0n) is 78.5. The first-order valence-corrected chi connectivity index (χ1v) is 49.0. The fourth-order valence-corrected chi connectivity index (χ4v) is 26.8. The number of carbonyl (C=O) groups excluding carboxylic acids is 13. The first-order chi connectivity index (χ1) is 59.3. The minimum absolute atomic E-state index is 0.0124. The maximum absolute atomic E-state index is 13.5. The SMILES string of the molecule is CCC(C)(C)C(=O)OC1C2CC3C1OC(=O)C3C2C(=O)OC1(C)CCCCC1.CCC(C)(C)C(=O)OC1C2CC3C1OC(=O)C3C2C(=O)OC1(CC)CC2CCC1C2.CCC(C)(C)C(=O)OC1CC2CC1C1(COC(=O)C1)C2.CCC(C)(C)C(=O)OC1CC2CC1C1(COCC1=O)C2.CCC1(OC(=O)C2C3CC4C(OC(=O)C42)C3OC(=O)C(C)(C)CC)CCCC1. The van der Waals surface area contributed by atoms with Crippen molar-refractivity contribution in [1.29, 1.82) is 0 Å². The number of hydrogen-bond acceptors (Lipinski definition) is 26. The average Bonchev–Trinajstić information content (AvgIpc) is 1.53. The van der Waals surface area contributed by atoms with Gasteiger partial charge >= 0.3 is 71.6 Å². The van der Waals surface area contributed by atoms with E-state index in [9.17, 15) is 62.3 Å². The molecular formula is C100H146O26. The molecule has 19 rings (SSSR count). The molecule has 126 heavy (non-hydrogen) atoms. The minimum Gasteiger partial charge on any atom is -0.465 e. The van der Waals surface area contributed by atoms with Crippen LogP contribution >= 0.6 is 0 Å². The number of ketones is 1. The number of ether oxygens (including phenoxy) is 13. The molecule has 702 valence electrons. The Morgan fingerprint density at radius 1 is 0.405 bits per heavy atom. The van der Waals surface area contributed by atoms with Crippen LogP contribution in [0.3, 0.4) is 0 Å². The molecule has 14 saturated carbocycles. The Bertz CT molecular complexity index is 4210. The van der Waals surface area contributed by atoms with E-state index in [1.54, 1.807) is 0 Å². The maximum atomic E-state index is 13.5. The van der Waals surface area contributed by atoms with Crippen molar-refractivity contribution < 1.29 is 124 Å². The van der Waals surface area contributed by atoms with E-state index >= 15 is 0 Å². The Labute approximate surface area is 744 Å². The van der Waals surface area contributed by atoms with Gasteiger partial charge in [0, 0.05) is 52.8 Å². The summed E-state index contributed by atoms with van der Waals surface area (Å²) >= 11 is 0. The zero-order valence-corrected chi connectivity index (χ0v) is 78.5. The second-order valence-electron chi connectivity index (χ2n) is 45.8. The van der Waals surface area contributed by atoms with Crippen molar-refractivity contribution >= 4 is 77.4 Å². The van der Waals surface area contributed by atoms with Crippen molar-refractivity contribution in [2.75, 3.05) is 19.8 Å². The van der Waals surface area contributed by atoms with Gasteiger partial charge < -0.3 is 61.6 Å². The van der Waals surface area contributed by atoms with Crippen molar-refractivity contribution in [2.45, 2.75) is 383 Å². The zero-order chi connectivity index (χ0) is 91.0. The molecule has 29 unspecified atom stereocenters. The van der Waals surface area contributed by atoms with E-state index in [-0.39, 0.29) is 154 Å². The van der Waals surface area contributed by atoms with Gasteiger partial charge in [-0.1, -0.05) is 54.9 Å². The summed E-state index contributed by atoms with van der Waals surface area (Å²) in [5.74, 6) is -3.77. The smallest absolute Gasteiger partial charge is 0.311 e. The Hall–Kier alpha value is -6.73. The Kier molecular flexibility index (Phi) is 25.9. The van der Waals surface area contributed by atoms with Crippen molar-refractivity contribution in [2.24, 2.45) is 144 Å². The lowest BCUT2D eigenvalue weighted by atomic mass is 9.70. The van der Waals surface area contributed by atoms with E-state index in [0.29, 0.717) is 87.7 Å². The lowest BCUT2D eigenvalue weighted by Crippen LogP contribution is -2.48. The van der Waals surface area contributed by atoms with Crippen LogP contribution in [0, 0.1) is 144 Å². The number of hydrogen-bond donors (Lipinski definition) is 0. The van der Waals surface area contributed by atoms with Gasteiger partial charge in [0.2, 0.25) is 0 Å². The number of esters is 12. The molecule has 29 atom stereocenters. The van der Waals surface area contributed by atoms with E-state index in [1.807, 2.05) is 111 Å². The lowest BCUT2D eigenvalue weighted by Gasteiger charge is -2.39. The number of cyclic esters (lactones) is 1. The van der Waals surface area contributed by atoms with Crippen LogP contribution in [0.25, 0.3) is 0 Å². The summed E-state index contributed by atoms with van der Waals surface area (Å²) in [6.07, 6.45) is 24.1. The molecule has 0 radical (unpaired) electrons. The van der Waals surface area contributed by atoms with E-state index in [4.69, 9.17) is 61.6 Å². The van der Waals surface area contributed by atoms with Gasteiger partial charge in [0.25, 0.3) is 0 Å². The molecule has 19 aliphatic rings. The van der Waals surface area contributed by atoms with Crippen LogP contribution in [-0.2, 0) is 124 Å². The summed E-state index contributed by atoms with van der Waals surface area (Å²) in [4.78, 5) is 164. The fraction of sp³-hybridized carbons (Fsp3) is 0.870. The monoisotopic (exact) mass is 1760 g/mol. The van der Waals surface area contributed by atoms with E-state index < -0.39 is 110 Å². The van der Waals surface area contributed by atoms with Gasteiger partial charge in [0.1, 0.15) is 72.2 Å².